The monoisotopic (exact) mass is 361 g/mol. The second kappa shape index (κ2) is 6.49. The molecule has 2 rings (SSSR count). The van der Waals surface area contributed by atoms with Crippen LogP contribution in [-0.4, -0.2) is 39.4 Å². The molecule has 0 spiro atoms. The van der Waals surface area contributed by atoms with E-state index in [2.05, 4.69) is 28.7 Å². The lowest BCUT2D eigenvalue weighted by molar-refractivity contribution is -0.117. The average Bonchev–Trinajstić information content (AvgIpc) is 2.64. The number of methoxy groups -OCH3 is 1. The lowest BCUT2D eigenvalue weighted by Gasteiger charge is -2.17. The van der Waals surface area contributed by atoms with Crippen molar-refractivity contribution in [2.24, 2.45) is 0 Å². The number of hydrogen-bond acceptors (Lipinski definition) is 3. The zero-order valence-electron chi connectivity index (χ0n) is 10.3. The molecule has 0 aliphatic carbocycles. The highest BCUT2D eigenvalue weighted by Gasteiger charge is 2.26. The van der Waals surface area contributed by atoms with Crippen molar-refractivity contribution in [1.29, 1.82) is 0 Å². The number of anilines is 1. The van der Waals surface area contributed by atoms with Crippen LogP contribution in [-0.2, 0) is 20.7 Å². The first-order chi connectivity index (χ1) is 8.72. The summed E-state index contributed by atoms with van der Waals surface area (Å²) in [5.41, 5.74) is 2.14. The Morgan fingerprint density at radius 3 is 2.94 bits per heavy atom. The van der Waals surface area contributed by atoms with Gasteiger partial charge in [0, 0.05) is 22.9 Å². The third-order valence-electron chi connectivity index (χ3n) is 2.87. The maximum Gasteiger partial charge on any atom is 0.231 e. The summed E-state index contributed by atoms with van der Waals surface area (Å²) >= 11 is 2.26. The summed E-state index contributed by atoms with van der Waals surface area (Å²) < 4.78 is 11.5. The van der Waals surface area contributed by atoms with E-state index in [0.717, 1.165) is 14.8 Å². The molecule has 1 aromatic rings. The zero-order chi connectivity index (χ0) is 13.0. The molecule has 18 heavy (non-hydrogen) atoms. The van der Waals surface area contributed by atoms with Crippen molar-refractivity contribution in [2.45, 2.75) is 6.42 Å². The molecule has 5 heteroatoms. The molecule has 98 valence electrons. The van der Waals surface area contributed by atoms with E-state index < -0.39 is 0 Å². The molecule has 0 radical (unpaired) electrons. The second-order valence-electron chi connectivity index (χ2n) is 4.10. The van der Waals surface area contributed by atoms with Crippen LogP contribution in [0.15, 0.2) is 18.2 Å². The van der Waals surface area contributed by atoms with Gasteiger partial charge in [-0.2, -0.15) is 0 Å². The fraction of sp³-hybridized carbons (Fsp3) is 0.462. The first-order valence-electron chi connectivity index (χ1n) is 5.88. The topological polar surface area (TPSA) is 38.8 Å². The zero-order valence-corrected chi connectivity index (χ0v) is 12.5. The average molecular weight is 361 g/mol. The maximum atomic E-state index is 11.9. The van der Waals surface area contributed by atoms with E-state index in [1.165, 1.54) is 0 Å². The van der Waals surface area contributed by atoms with Gasteiger partial charge >= 0.3 is 0 Å². The lowest BCUT2D eigenvalue weighted by atomic mass is 10.2. The SMILES string of the molecule is COCCOCCN1C(=O)Cc2cc(I)ccc21. The molecular formula is C13H16INO3. The minimum Gasteiger partial charge on any atom is -0.382 e. The minimum atomic E-state index is 0.155. The fourth-order valence-electron chi connectivity index (χ4n) is 2.00. The van der Waals surface area contributed by atoms with Crippen LogP contribution in [0.25, 0.3) is 0 Å². The number of benzene rings is 1. The number of carbonyl (C=O) groups excluding carboxylic acids is 1. The molecule has 0 saturated carbocycles. The van der Waals surface area contributed by atoms with Crippen LogP contribution in [0.2, 0.25) is 0 Å². The molecule has 4 nitrogen and oxygen atoms in total. The predicted octanol–water partition coefficient (Wildman–Crippen LogP) is 1.84. The Morgan fingerprint density at radius 2 is 2.17 bits per heavy atom. The highest BCUT2D eigenvalue weighted by atomic mass is 127. The van der Waals surface area contributed by atoms with Crippen molar-refractivity contribution in [1.82, 2.24) is 0 Å². The van der Waals surface area contributed by atoms with Gasteiger partial charge in [0.05, 0.1) is 26.2 Å². The number of hydrogen-bond donors (Lipinski definition) is 0. The summed E-state index contributed by atoms with van der Waals surface area (Å²) in [6.07, 6.45) is 0.504. The summed E-state index contributed by atoms with van der Waals surface area (Å²) in [6, 6.07) is 6.10. The Bertz CT molecular complexity index is 436. The summed E-state index contributed by atoms with van der Waals surface area (Å²) in [5.74, 6) is 0.155. The van der Waals surface area contributed by atoms with E-state index in [4.69, 9.17) is 9.47 Å². The number of rotatable bonds is 6. The third-order valence-corrected chi connectivity index (χ3v) is 3.54. The number of nitrogens with zero attached hydrogens (tertiary/aromatic N) is 1. The van der Waals surface area contributed by atoms with Gasteiger partial charge in [0.2, 0.25) is 5.91 Å². The van der Waals surface area contributed by atoms with Gasteiger partial charge in [-0.25, -0.2) is 0 Å². The van der Waals surface area contributed by atoms with Gasteiger partial charge < -0.3 is 14.4 Å². The van der Waals surface area contributed by atoms with Crippen LogP contribution >= 0.6 is 22.6 Å². The summed E-state index contributed by atoms with van der Waals surface area (Å²) in [4.78, 5) is 13.7. The van der Waals surface area contributed by atoms with E-state index >= 15 is 0 Å². The predicted molar refractivity (Wildman–Crippen MR) is 77.9 cm³/mol. The molecular weight excluding hydrogens is 345 g/mol. The number of fused-ring (bicyclic) bond motifs is 1. The van der Waals surface area contributed by atoms with Gasteiger partial charge in [0.15, 0.2) is 0 Å². The standard InChI is InChI=1S/C13H16INO3/c1-17-6-7-18-5-4-15-12-3-2-11(14)8-10(12)9-13(15)16/h2-3,8H,4-7,9H2,1H3. The van der Waals surface area contributed by atoms with Crippen molar-refractivity contribution in [2.75, 3.05) is 38.4 Å². The quantitative estimate of drug-likeness (QED) is 0.574. The van der Waals surface area contributed by atoms with Crippen LogP contribution < -0.4 is 4.90 Å². The van der Waals surface area contributed by atoms with Crippen LogP contribution in [0, 0.1) is 3.57 Å². The minimum absolute atomic E-state index is 0.155. The Morgan fingerprint density at radius 1 is 1.33 bits per heavy atom. The van der Waals surface area contributed by atoms with E-state index in [-0.39, 0.29) is 5.91 Å². The molecule has 1 heterocycles. The van der Waals surface area contributed by atoms with Gasteiger partial charge in [0.1, 0.15) is 0 Å². The summed E-state index contributed by atoms with van der Waals surface area (Å²) in [5, 5.41) is 0. The Hall–Kier alpha value is -0.660. The van der Waals surface area contributed by atoms with Crippen molar-refractivity contribution < 1.29 is 14.3 Å². The highest BCUT2D eigenvalue weighted by Crippen LogP contribution is 2.29. The van der Waals surface area contributed by atoms with Gasteiger partial charge in [-0.1, -0.05) is 0 Å². The van der Waals surface area contributed by atoms with Crippen LogP contribution in [0.3, 0.4) is 0 Å². The molecule has 1 aliphatic heterocycles. The second-order valence-corrected chi connectivity index (χ2v) is 5.35. The smallest absolute Gasteiger partial charge is 0.231 e. The van der Waals surface area contributed by atoms with Crippen molar-refractivity contribution in [3.63, 3.8) is 0 Å². The molecule has 0 fully saturated rings. The molecule has 1 aromatic carbocycles. The normalized spacial score (nSPS) is 14.1. The molecule has 0 saturated heterocycles. The first kappa shape index (κ1) is 13.8. The van der Waals surface area contributed by atoms with Gasteiger partial charge in [-0.15, -0.1) is 0 Å². The highest BCUT2D eigenvalue weighted by molar-refractivity contribution is 14.1. The largest absolute Gasteiger partial charge is 0.382 e. The van der Waals surface area contributed by atoms with E-state index in [1.807, 2.05) is 12.1 Å². The molecule has 0 aromatic heterocycles. The van der Waals surface area contributed by atoms with Gasteiger partial charge in [-0.3, -0.25) is 4.79 Å². The Kier molecular flexibility index (Phi) is 4.96. The molecule has 1 amide bonds. The summed E-state index contributed by atoms with van der Waals surface area (Å²) in [6.45, 7) is 2.30. The number of ether oxygens (including phenoxy) is 2. The van der Waals surface area contributed by atoms with Crippen LogP contribution in [0.5, 0.6) is 0 Å². The Balaban J connectivity index is 1.92. The molecule has 0 unspecified atom stereocenters. The van der Waals surface area contributed by atoms with Gasteiger partial charge in [0.25, 0.3) is 0 Å². The van der Waals surface area contributed by atoms with Crippen LogP contribution in [0.4, 0.5) is 5.69 Å². The Labute approximate surface area is 120 Å². The first-order valence-corrected chi connectivity index (χ1v) is 6.95. The molecule has 0 atom stereocenters. The van der Waals surface area contributed by atoms with Crippen molar-refractivity contribution in [3.8, 4) is 0 Å². The fourth-order valence-corrected chi connectivity index (χ4v) is 2.55. The number of amides is 1. The van der Waals surface area contributed by atoms with E-state index in [1.54, 1.807) is 12.0 Å². The van der Waals surface area contributed by atoms with Crippen molar-refractivity contribution >= 4 is 34.2 Å². The molecule has 0 N–H and O–H groups in total. The van der Waals surface area contributed by atoms with E-state index in [9.17, 15) is 4.79 Å². The molecule has 1 aliphatic rings. The third kappa shape index (κ3) is 3.21. The summed E-state index contributed by atoms with van der Waals surface area (Å²) in [7, 11) is 1.64. The lowest BCUT2D eigenvalue weighted by Crippen LogP contribution is -2.30. The van der Waals surface area contributed by atoms with Gasteiger partial charge in [-0.05, 0) is 46.4 Å². The number of halogens is 1. The number of carbonyl (C=O) groups is 1. The molecule has 0 bridgehead atoms. The van der Waals surface area contributed by atoms with E-state index in [0.29, 0.717) is 32.8 Å². The maximum absolute atomic E-state index is 11.9. The van der Waals surface area contributed by atoms with Crippen LogP contribution in [0.1, 0.15) is 5.56 Å². The van der Waals surface area contributed by atoms with Crippen molar-refractivity contribution in [3.05, 3.63) is 27.3 Å².